The number of hydrogen-bond donors (Lipinski definition) is 1. The molecule has 0 radical (unpaired) electrons. The Bertz CT molecular complexity index is 523. The number of aromatic nitrogens is 1. The number of aliphatic hydroxyl groups is 1. The lowest BCUT2D eigenvalue weighted by Crippen LogP contribution is -1.95. The molecule has 0 aliphatic rings. The van der Waals surface area contributed by atoms with Crippen molar-refractivity contribution in [3.63, 3.8) is 0 Å². The third-order valence-electron chi connectivity index (χ3n) is 2.81. The van der Waals surface area contributed by atoms with Gasteiger partial charge < -0.3 is 9.84 Å². The zero-order valence-electron chi connectivity index (χ0n) is 10.6. The number of ether oxygens (including phenoxy) is 1. The van der Waals surface area contributed by atoms with Crippen LogP contribution in [0.15, 0.2) is 42.6 Å². The first kappa shape index (κ1) is 12.6. The van der Waals surface area contributed by atoms with E-state index in [1.807, 2.05) is 24.3 Å². The molecule has 0 bridgehead atoms. The van der Waals surface area contributed by atoms with Gasteiger partial charge in [0.25, 0.3) is 0 Å². The summed E-state index contributed by atoms with van der Waals surface area (Å²) >= 11 is 0. The van der Waals surface area contributed by atoms with Crippen LogP contribution in [0.4, 0.5) is 0 Å². The van der Waals surface area contributed by atoms with Gasteiger partial charge in [-0.15, -0.1) is 0 Å². The van der Waals surface area contributed by atoms with Crippen LogP contribution in [-0.4, -0.2) is 10.1 Å². The van der Waals surface area contributed by atoms with Crippen LogP contribution in [0.1, 0.15) is 31.1 Å². The standard InChI is InChI=1S/C15H17NO2/c1-3-12-6-4-5-7-14(12)18-15-10-13(11(2)17)8-9-16-15/h4-11,17H,3H2,1-2H3/t11-/m1/s1. The Balaban J connectivity index is 2.25. The van der Waals surface area contributed by atoms with E-state index >= 15 is 0 Å². The molecule has 3 nitrogen and oxygen atoms in total. The average molecular weight is 243 g/mol. The summed E-state index contributed by atoms with van der Waals surface area (Å²) in [5.41, 5.74) is 1.94. The number of rotatable bonds is 4. The van der Waals surface area contributed by atoms with Gasteiger partial charge in [0.15, 0.2) is 0 Å². The van der Waals surface area contributed by atoms with Crippen LogP contribution < -0.4 is 4.74 Å². The first-order valence-electron chi connectivity index (χ1n) is 6.10. The fraction of sp³-hybridized carbons (Fsp3) is 0.267. The van der Waals surface area contributed by atoms with Gasteiger partial charge in [0.2, 0.25) is 5.88 Å². The largest absolute Gasteiger partial charge is 0.439 e. The van der Waals surface area contributed by atoms with Crippen LogP contribution in [0.5, 0.6) is 11.6 Å². The number of hydrogen-bond acceptors (Lipinski definition) is 3. The third-order valence-corrected chi connectivity index (χ3v) is 2.81. The van der Waals surface area contributed by atoms with Crippen LogP contribution in [0.25, 0.3) is 0 Å². The molecule has 0 saturated carbocycles. The second-order valence-corrected chi connectivity index (χ2v) is 4.17. The number of aryl methyl sites for hydroxylation is 1. The second kappa shape index (κ2) is 5.65. The van der Waals surface area contributed by atoms with Crippen molar-refractivity contribution in [2.75, 3.05) is 0 Å². The maximum atomic E-state index is 9.53. The third kappa shape index (κ3) is 2.87. The highest BCUT2D eigenvalue weighted by Gasteiger charge is 2.06. The molecule has 1 heterocycles. The van der Waals surface area contributed by atoms with Crippen molar-refractivity contribution in [3.8, 4) is 11.6 Å². The Kier molecular flexibility index (Phi) is 3.95. The molecular weight excluding hydrogens is 226 g/mol. The van der Waals surface area contributed by atoms with Crippen LogP contribution in [-0.2, 0) is 6.42 Å². The summed E-state index contributed by atoms with van der Waals surface area (Å²) in [4.78, 5) is 4.16. The minimum Gasteiger partial charge on any atom is -0.439 e. The Labute approximate surface area is 107 Å². The van der Waals surface area contributed by atoms with Gasteiger partial charge in [0.05, 0.1) is 6.10 Å². The molecule has 0 aliphatic carbocycles. The summed E-state index contributed by atoms with van der Waals surface area (Å²) < 4.78 is 5.77. The van der Waals surface area contributed by atoms with Crippen LogP contribution in [0.2, 0.25) is 0 Å². The van der Waals surface area contributed by atoms with E-state index in [0.717, 1.165) is 23.3 Å². The molecule has 1 atom stereocenters. The molecule has 0 amide bonds. The van der Waals surface area contributed by atoms with E-state index in [2.05, 4.69) is 11.9 Å². The smallest absolute Gasteiger partial charge is 0.219 e. The SMILES string of the molecule is CCc1ccccc1Oc1cc([C@@H](C)O)ccn1. The molecule has 0 aliphatic heterocycles. The summed E-state index contributed by atoms with van der Waals surface area (Å²) in [7, 11) is 0. The van der Waals surface area contributed by atoms with Gasteiger partial charge in [-0.2, -0.15) is 0 Å². The zero-order chi connectivity index (χ0) is 13.0. The van der Waals surface area contributed by atoms with Gasteiger partial charge in [0.1, 0.15) is 5.75 Å². The van der Waals surface area contributed by atoms with Gasteiger partial charge in [-0.05, 0) is 36.6 Å². The first-order valence-corrected chi connectivity index (χ1v) is 6.10. The molecular formula is C15H17NO2. The van der Waals surface area contributed by atoms with E-state index in [1.54, 1.807) is 25.3 Å². The summed E-state index contributed by atoms with van der Waals surface area (Å²) in [6.45, 7) is 3.81. The summed E-state index contributed by atoms with van der Waals surface area (Å²) in [5.74, 6) is 1.32. The fourth-order valence-electron chi connectivity index (χ4n) is 1.75. The Hall–Kier alpha value is -1.87. The van der Waals surface area contributed by atoms with E-state index < -0.39 is 6.10 Å². The molecule has 0 fully saturated rings. The summed E-state index contributed by atoms with van der Waals surface area (Å²) in [5, 5.41) is 9.53. The van der Waals surface area contributed by atoms with Crippen molar-refractivity contribution in [2.24, 2.45) is 0 Å². The highest BCUT2D eigenvalue weighted by molar-refractivity contribution is 5.36. The average Bonchev–Trinajstić information content (AvgIpc) is 2.39. The van der Waals surface area contributed by atoms with Crippen molar-refractivity contribution in [2.45, 2.75) is 26.4 Å². The molecule has 18 heavy (non-hydrogen) atoms. The predicted octanol–water partition coefficient (Wildman–Crippen LogP) is 3.49. The fourth-order valence-corrected chi connectivity index (χ4v) is 1.75. The van der Waals surface area contributed by atoms with E-state index in [-0.39, 0.29) is 0 Å². The normalized spacial score (nSPS) is 12.2. The lowest BCUT2D eigenvalue weighted by Gasteiger charge is -2.10. The summed E-state index contributed by atoms with van der Waals surface area (Å²) in [6, 6.07) is 11.4. The van der Waals surface area contributed by atoms with Crippen LogP contribution in [0.3, 0.4) is 0 Å². The highest BCUT2D eigenvalue weighted by atomic mass is 16.5. The van der Waals surface area contributed by atoms with Crippen molar-refractivity contribution in [3.05, 3.63) is 53.7 Å². The Morgan fingerprint density at radius 1 is 1.28 bits per heavy atom. The lowest BCUT2D eigenvalue weighted by molar-refractivity contribution is 0.198. The maximum Gasteiger partial charge on any atom is 0.219 e. The molecule has 94 valence electrons. The zero-order valence-corrected chi connectivity index (χ0v) is 10.6. The predicted molar refractivity (Wildman–Crippen MR) is 70.8 cm³/mol. The van der Waals surface area contributed by atoms with Gasteiger partial charge in [-0.3, -0.25) is 0 Å². The Morgan fingerprint density at radius 2 is 2.06 bits per heavy atom. The van der Waals surface area contributed by atoms with Gasteiger partial charge in [-0.25, -0.2) is 4.98 Å². The minimum atomic E-state index is -0.517. The van der Waals surface area contributed by atoms with E-state index in [4.69, 9.17) is 4.74 Å². The molecule has 1 aromatic heterocycles. The van der Waals surface area contributed by atoms with Crippen molar-refractivity contribution in [1.82, 2.24) is 4.98 Å². The minimum absolute atomic E-state index is 0.509. The van der Waals surface area contributed by atoms with Crippen molar-refractivity contribution in [1.29, 1.82) is 0 Å². The number of aliphatic hydroxyl groups excluding tert-OH is 1. The molecule has 1 N–H and O–H groups in total. The number of para-hydroxylation sites is 1. The maximum absolute atomic E-state index is 9.53. The first-order chi connectivity index (χ1) is 8.70. The number of benzene rings is 1. The lowest BCUT2D eigenvalue weighted by atomic mass is 10.1. The van der Waals surface area contributed by atoms with Crippen molar-refractivity contribution >= 4 is 0 Å². The Morgan fingerprint density at radius 3 is 2.78 bits per heavy atom. The monoisotopic (exact) mass is 243 g/mol. The second-order valence-electron chi connectivity index (χ2n) is 4.17. The highest BCUT2D eigenvalue weighted by Crippen LogP contribution is 2.25. The van der Waals surface area contributed by atoms with Gasteiger partial charge in [0, 0.05) is 12.3 Å². The molecule has 0 spiro atoms. The molecule has 1 aromatic carbocycles. The van der Waals surface area contributed by atoms with Gasteiger partial charge >= 0.3 is 0 Å². The summed E-state index contributed by atoms with van der Waals surface area (Å²) in [6.07, 6.45) is 2.04. The topological polar surface area (TPSA) is 42.4 Å². The van der Waals surface area contributed by atoms with E-state index in [9.17, 15) is 5.11 Å². The molecule has 2 aromatic rings. The number of pyridine rings is 1. The van der Waals surface area contributed by atoms with Crippen molar-refractivity contribution < 1.29 is 9.84 Å². The molecule has 0 unspecified atom stereocenters. The van der Waals surface area contributed by atoms with Crippen LogP contribution in [0, 0.1) is 0 Å². The van der Waals surface area contributed by atoms with E-state index in [1.165, 1.54) is 0 Å². The van der Waals surface area contributed by atoms with E-state index in [0.29, 0.717) is 5.88 Å². The molecule has 0 saturated heterocycles. The molecule has 2 rings (SSSR count). The van der Waals surface area contributed by atoms with Crippen LogP contribution >= 0.6 is 0 Å². The number of nitrogens with zero attached hydrogens (tertiary/aromatic N) is 1. The molecule has 3 heteroatoms. The van der Waals surface area contributed by atoms with Gasteiger partial charge in [-0.1, -0.05) is 25.1 Å². The quantitative estimate of drug-likeness (QED) is 0.893.